The van der Waals surface area contributed by atoms with Gasteiger partial charge in [0.15, 0.2) is 5.13 Å². The van der Waals surface area contributed by atoms with E-state index in [9.17, 15) is 4.79 Å². The quantitative estimate of drug-likeness (QED) is 0.888. The standard InChI is InChI=1S/C8H12BrN3OS/c1-3-8(2,10)6(13)12-7-11-4-5(9)14-7/h4H,3,10H2,1-2H3,(H,11,12,13). The Morgan fingerprint density at radius 2 is 2.50 bits per heavy atom. The van der Waals surface area contributed by atoms with Crippen LogP contribution in [-0.4, -0.2) is 16.4 Å². The second-order valence-electron chi connectivity index (χ2n) is 3.19. The highest BCUT2D eigenvalue weighted by Crippen LogP contribution is 2.23. The van der Waals surface area contributed by atoms with Gasteiger partial charge in [-0.3, -0.25) is 4.79 Å². The number of nitrogens with one attached hydrogen (secondary N) is 1. The van der Waals surface area contributed by atoms with Crippen LogP contribution in [0.5, 0.6) is 0 Å². The first-order valence-electron chi connectivity index (χ1n) is 4.17. The first-order valence-corrected chi connectivity index (χ1v) is 5.78. The van der Waals surface area contributed by atoms with E-state index in [2.05, 4.69) is 26.2 Å². The van der Waals surface area contributed by atoms with E-state index in [-0.39, 0.29) is 5.91 Å². The molecule has 0 aliphatic carbocycles. The average molecular weight is 278 g/mol. The third-order valence-corrected chi connectivity index (χ3v) is 3.34. The molecule has 0 radical (unpaired) electrons. The number of halogens is 1. The lowest BCUT2D eigenvalue weighted by Gasteiger charge is -2.20. The number of rotatable bonds is 3. The summed E-state index contributed by atoms with van der Waals surface area (Å²) in [5.74, 6) is -0.207. The lowest BCUT2D eigenvalue weighted by Crippen LogP contribution is -2.47. The summed E-state index contributed by atoms with van der Waals surface area (Å²) >= 11 is 4.62. The molecule has 0 bridgehead atoms. The summed E-state index contributed by atoms with van der Waals surface area (Å²) in [6.07, 6.45) is 2.23. The molecule has 1 rings (SSSR count). The van der Waals surface area contributed by atoms with Crippen LogP contribution in [0, 0.1) is 0 Å². The number of nitrogens with two attached hydrogens (primary N) is 1. The van der Waals surface area contributed by atoms with Crippen LogP contribution in [0.3, 0.4) is 0 Å². The average Bonchev–Trinajstić information content (AvgIpc) is 2.51. The van der Waals surface area contributed by atoms with Crippen molar-refractivity contribution in [2.45, 2.75) is 25.8 Å². The molecule has 1 heterocycles. The largest absolute Gasteiger partial charge is 0.318 e. The molecule has 3 N–H and O–H groups in total. The summed E-state index contributed by atoms with van der Waals surface area (Å²) in [4.78, 5) is 15.6. The highest BCUT2D eigenvalue weighted by Gasteiger charge is 2.26. The number of aromatic nitrogens is 1. The zero-order chi connectivity index (χ0) is 10.8. The number of thiazole rings is 1. The summed E-state index contributed by atoms with van der Waals surface area (Å²) in [6.45, 7) is 3.57. The van der Waals surface area contributed by atoms with Gasteiger partial charge < -0.3 is 11.1 Å². The number of hydrogen-bond donors (Lipinski definition) is 2. The van der Waals surface area contributed by atoms with E-state index in [1.807, 2.05) is 6.92 Å². The Labute approximate surface area is 95.0 Å². The zero-order valence-corrected chi connectivity index (χ0v) is 10.4. The molecule has 1 aromatic rings. The monoisotopic (exact) mass is 277 g/mol. The van der Waals surface area contributed by atoms with Crippen molar-refractivity contribution in [2.24, 2.45) is 5.73 Å². The smallest absolute Gasteiger partial charge is 0.245 e. The molecule has 0 fully saturated rings. The fourth-order valence-corrected chi connectivity index (χ4v) is 1.81. The van der Waals surface area contributed by atoms with Gasteiger partial charge in [-0.2, -0.15) is 0 Å². The molecule has 4 nitrogen and oxygen atoms in total. The molecule has 0 saturated heterocycles. The second-order valence-corrected chi connectivity index (χ2v) is 5.60. The van der Waals surface area contributed by atoms with E-state index in [0.717, 1.165) is 3.79 Å². The van der Waals surface area contributed by atoms with E-state index in [0.29, 0.717) is 11.6 Å². The molecule has 6 heteroatoms. The Morgan fingerprint density at radius 3 is 2.93 bits per heavy atom. The number of carbonyl (C=O) groups excluding carboxylic acids is 1. The minimum atomic E-state index is -0.835. The van der Waals surface area contributed by atoms with Crippen molar-refractivity contribution in [1.29, 1.82) is 0 Å². The summed E-state index contributed by atoms with van der Waals surface area (Å²) in [5.41, 5.74) is 4.93. The van der Waals surface area contributed by atoms with Crippen LogP contribution < -0.4 is 11.1 Å². The van der Waals surface area contributed by atoms with Crippen molar-refractivity contribution < 1.29 is 4.79 Å². The molecule has 1 atom stereocenters. The van der Waals surface area contributed by atoms with Crippen molar-refractivity contribution in [3.8, 4) is 0 Å². The summed E-state index contributed by atoms with van der Waals surface area (Å²) in [7, 11) is 0. The Balaban J connectivity index is 2.66. The third kappa shape index (κ3) is 2.76. The van der Waals surface area contributed by atoms with Crippen LogP contribution in [0.2, 0.25) is 0 Å². The highest BCUT2D eigenvalue weighted by molar-refractivity contribution is 9.11. The molecule has 0 saturated carbocycles. The third-order valence-electron chi connectivity index (χ3n) is 1.95. The van der Waals surface area contributed by atoms with E-state index in [1.165, 1.54) is 11.3 Å². The van der Waals surface area contributed by atoms with Crippen LogP contribution in [0.1, 0.15) is 20.3 Å². The van der Waals surface area contributed by atoms with Gasteiger partial charge in [-0.1, -0.05) is 18.3 Å². The zero-order valence-electron chi connectivity index (χ0n) is 8.00. The molecule has 1 amide bonds. The second kappa shape index (κ2) is 4.37. The Morgan fingerprint density at radius 1 is 1.86 bits per heavy atom. The van der Waals surface area contributed by atoms with Crippen molar-refractivity contribution in [3.05, 3.63) is 9.98 Å². The minimum Gasteiger partial charge on any atom is -0.318 e. The topological polar surface area (TPSA) is 68.0 Å². The maximum atomic E-state index is 11.6. The molecule has 14 heavy (non-hydrogen) atoms. The van der Waals surface area contributed by atoms with Gasteiger partial charge in [0.2, 0.25) is 5.91 Å². The van der Waals surface area contributed by atoms with Gasteiger partial charge in [0.25, 0.3) is 0 Å². The normalized spacial score (nSPS) is 14.9. The van der Waals surface area contributed by atoms with Gasteiger partial charge in [0.05, 0.1) is 15.5 Å². The fraction of sp³-hybridized carbons (Fsp3) is 0.500. The predicted molar refractivity (Wildman–Crippen MR) is 61.3 cm³/mol. The van der Waals surface area contributed by atoms with Crippen LogP contribution in [-0.2, 0) is 4.79 Å². The fourth-order valence-electron chi connectivity index (χ4n) is 0.713. The number of carbonyl (C=O) groups is 1. The Bertz CT molecular complexity index is 337. The van der Waals surface area contributed by atoms with E-state index in [1.54, 1.807) is 13.1 Å². The molecule has 78 valence electrons. The first-order chi connectivity index (χ1) is 6.45. The predicted octanol–water partition coefficient (Wildman–Crippen LogP) is 1.97. The maximum absolute atomic E-state index is 11.6. The van der Waals surface area contributed by atoms with Crippen LogP contribution in [0.4, 0.5) is 5.13 Å². The molecule has 0 aliphatic heterocycles. The van der Waals surface area contributed by atoms with Crippen molar-refractivity contribution >= 4 is 38.3 Å². The van der Waals surface area contributed by atoms with Gasteiger partial charge in [-0.25, -0.2) is 4.98 Å². The lowest BCUT2D eigenvalue weighted by molar-refractivity contribution is -0.120. The van der Waals surface area contributed by atoms with Gasteiger partial charge in [0.1, 0.15) is 0 Å². The van der Waals surface area contributed by atoms with Crippen LogP contribution >= 0.6 is 27.3 Å². The van der Waals surface area contributed by atoms with E-state index in [4.69, 9.17) is 5.73 Å². The van der Waals surface area contributed by atoms with E-state index < -0.39 is 5.54 Å². The number of anilines is 1. The molecule has 0 aliphatic rings. The molecule has 1 aromatic heterocycles. The Kier molecular flexibility index (Phi) is 3.63. The SMILES string of the molecule is CCC(C)(N)C(=O)Nc1ncc(Br)s1. The minimum absolute atomic E-state index is 0.207. The van der Waals surface area contributed by atoms with Crippen molar-refractivity contribution in [3.63, 3.8) is 0 Å². The highest BCUT2D eigenvalue weighted by atomic mass is 79.9. The molecular formula is C8H12BrN3OS. The van der Waals surface area contributed by atoms with Gasteiger partial charge in [0, 0.05) is 0 Å². The van der Waals surface area contributed by atoms with Gasteiger partial charge in [-0.05, 0) is 29.3 Å². The van der Waals surface area contributed by atoms with Crippen LogP contribution in [0.25, 0.3) is 0 Å². The van der Waals surface area contributed by atoms with Crippen LogP contribution in [0.15, 0.2) is 9.98 Å². The number of nitrogens with zero attached hydrogens (tertiary/aromatic N) is 1. The first kappa shape index (κ1) is 11.6. The Hall–Kier alpha value is -0.460. The molecule has 0 aromatic carbocycles. The van der Waals surface area contributed by atoms with Crippen molar-refractivity contribution in [1.82, 2.24) is 4.98 Å². The lowest BCUT2D eigenvalue weighted by atomic mass is 10.00. The maximum Gasteiger partial charge on any atom is 0.245 e. The van der Waals surface area contributed by atoms with Gasteiger partial charge >= 0.3 is 0 Å². The number of hydrogen-bond acceptors (Lipinski definition) is 4. The summed E-state index contributed by atoms with van der Waals surface area (Å²) in [5, 5.41) is 3.23. The van der Waals surface area contributed by atoms with Crippen molar-refractivity contribution in [2.75, 3.05) is 5.32 Å². The molecular weight excluding hydrogens is 266 g/mol. The molecule has 0 spiro atoms. The molecule has 1 unspecified atom stereocenters. The van der Waals surface area contributed by atoms with E-state index >= 15 is 0 Å². The summed E-state index contributed by atoms with van der Waals surface area (Å²) in [6, 6.07) is 0. The number of amides is 1. The summed E-state index contributed by atoms with van der Waals surface area (Å²) < 4.78 is 0.878. The van der Waals surface area contributed by atoms with Gasteiger partial charge in [-0.15, -0.1) is 0 Å².